The zero-order chi connectivity index (χ0) is 17.5. The third-order valence-electron chi connectivity index (χ3n) is 3.99. The minimum Gasteiger partial charge on any atom is -0.491 e. The van der Waals surface area contributed by atoms with Gasteiger partial charge in [0.15, 0.2) is 11.5 Å². The maximum absolute atomic E-state index is 14.0. The fourth-order valence-electron chi connectivity index (χ4n) is 2.62. The number of halogens is 3. The predicted octanol–water partition coefficient (Wildman–Crippen LogP) is 4.45. The average molecular weight is 344 g/mol. The Morgan fingerprint density at radius 3 is 2.46 bits per heavy atom. The molecule has 0 aliphatic carbocycles. The smallest absolute Gasteiger partial charge is 0.204 e. The van der Waals surface area contributed by atoms with Crippen molar-refractivity contribution in [2.24, 2.45) is 5.92 Å². The molecule has 0 amide bonds. The van der Waals surface area contributed by atoms with Gasteiger partial charge in [0.25, 0.3) is 0 Å². The molecule has 1 aliphatic rings. The highest BCUT2D eigenvalue weighted by Gasteiger charge is 2.24. The molecule has 0 N–H and O–H groups in total. The molecule has 3 atom stereocenters. The van der Waals surface area contributed by atoms with E-state index in [1.807, 2.05) is 6.08 Å². The van der Waals surface area contributed by atoms with E-state index >= 15 is 0 Å². The predicted molar refractivity (Wildman–Crippen MR) is 85.2 cm³/mol. The van der Waals surface area contributed by atoms with Gasteiger partial charge in [0.05, 0.1) is 19.3 Å². The summed E-state index contributed by atoms with van der Waals surface area (Å²) in [7, 11) is 0. The average Bonchev–Trinajstić information content (AvgIpc) is 2.59. The van der Waals surface area contributed by atoms with Crippen LogP contribution < -0.4 is 9.47 Å². The van der Waals surface area contributed by atoms with Gasteiger partial charge in [-0.05, 0) is 31.9 Å². The van der Waals surface area contributed by atoms with Crippen molar-refractivity contribution in [1.29, 1.82) is 0 Å². The zero-order valence-electron chi connectivity index (χ0n) is 13.8. The second kappa shape index (κ2) is 8.97. The van der Waals surface area contributed by atoms with Crippen LogP contribution in [0, 0.1) is 17.6 Å². The highest BCUT2D eigenvalue weighted by Crippen LogP contribution is 2.28. The van der Waals surface area contributed by atoms with E-state index in [-0.39, 0.29) is 37.2 Å². The first-order valence-electron chi connectivity index (χ1n) is 8.17. The van der Waals surface area contributed by atoms with E-state index in [0.29, 0.717) is 12.5 Å². The molecule has 134 valence electrons. The molecular weight excluding hydrogens is 321 g/mol. The molecule has 1 fully saturated rings. The molecule has 1 aromatic carbocycles. The van der Waals surface area contributed by atoms with Gasteiger partial charge >= 0.3 is 0 Å². The number of hydrogen-bond acceptors (Lipinski definition) is 3. The van der Waals surface area contributed by atoms with Crippen LogP contribution in [0.25, 0.3) is 0 Å². The van der Waals surface area contributed by atoms with Crippen molar-refractivity contribution in [3.8, 4) is 11.5 Å². The van der Waals surface area contributed by atoms with Gasteiger partial charge in [-0.3, -0.25) is 0 Å². The van der Waals surface area contributed by atoms with Crippen LogP contribution >= 0.6 is 0 Å². The molecule has 1 heterocycles. The number of benzene rings is 1. The second-order valence-corrected chi connectivity index (χ2v) is 5.80. The Morgan fingerprint density at radius 1 is 1.25 bits per heavy atom. The highest BCUT2D eigenvalue weighted by molar-refractivity contribution is 5.35. The summed E-state index contributed by atoms with van der Waals surface area (Å²) in [6, 6.07) is 2.51. The third kappa shape index (κ3) is 4.90. The van der Waals surface area contributed by atoms with Crippen LogP contribution in [0.2, 0.25) is 0 Å². The van der Waals surface area contributed by atoms with Gasteiger partial charge in [-0.2, -0.15) is 8.78 Å². The highest BCUT2D eigenvalue weighted by atomic mass is 19.2. The number of alkyl halides is 1. The van der Waals surface area contributed by atoms with Gasteiger partial charge in [-0.1, -0.05) is 6.08 Å². The van der Waals surface area contributed by atoms with Crippen molar-refractivity contribution in [2.75, 3.05) is 19.8 Å². The van der Waals surface area contributed by atoms with E-state index in [1.165, 1.54) is 12.1 Å². The van der Waals surface area contributed by atoms with Crippen LogP contribution in [-0.2, 0) is 4.74 Å². The topological polar surface area (TPSA) is 27.7 Å². The molecule has 1 saturated heterocycles. The Bertz CT molecular complexity index is 543. The van der Waals surface area contributed by atoms with Crippen LogP contribution in [0.15, 0.2) is 24.8 Å². The Morgan fingerprint density at radius 2 is 1.92 bits per heavy atom. The van der Waals surface area contributed by atoms with E-state index in [9.17, 15) is 13.2 Å². The van der Waals surface area contributed by atoms with Crippen molar-refractivity contribution < 1.29 is 27.4 Å². The molecule has 1 aromatic rings. The Kier molecular flexibility index (Phi) is 6.97. The first-order chi connectivity index (χ1) is 11.5. The standard InChI is InChI=1S/C18H23F3O3/c1-3-12-5-6-14(23-10-12)9-13(19)11-24-16-8-7-15(22-4-2)17(20)18(16)21/h3,7-8,12-14H,1,4-6,9-11H2,2H3. The fraction of sp³-hybridized carbons (Fsp3) is 0.556. The van der Waals surface area contributed by atoms with E-state index in [1.54, 1.807) is 6.92 Å². The van der Waals surface area contributed by atoms with Crippen molar-refractivity contribution in [2.45, 2.75) is 38.5 Å². The molecule has 0 saturated carbocycles. The summed E-state index contributed by atoms with van der Waals surface area (Å²) >= 11 is 0. The maximum atomic E-state index is 14.0. The maximum Gasteiger partial charge on any atom is 0.204 e. The number of hydrogen-bond donors (Lipinski definition) is 0. The fourth-order valence-corrected chi connectivity index (χ4v) is 2.62. The monoisotopic (exact) mass is 344 g/mol. The molecular formula is C18H23F3O3. The molecule has 2 rings (SSSR count). The van der Waals surface area contributed by atoms with Gasteiger partial charge in [-0.15, -0.1) is 6.58 Å². The van der Waals surface area contributed by atoms with Gasteiger partial charge in [0.1, 0.15) is 12.8 Å². The zero-order valence-corrected chi connectivity index (χ0v) is 13.8. The summed E-state index contributed by atoms with van der Waals surface area (Å²) in [5.74, 6) is -2.50. The minimum atomic E-state index is -1.32. The summed E-state index contributed by atoms with van der Waals surface area (Å²) in [6.07, 6.45) is 2.19. The summed E-state index contributed by atoms with van der Waals surface area (Å²) in [5.41, 5.74) is 0. The summed E-state index contributed by atoms with van der Waals surface area (Å²) < 4.78 is 57.2. The molecule has 1 aliphatic heterocycles. The lowest BCUT2D eigenvalue weighted by atomic mass is 9.96. The normalized spacial score (nSPS) is 22.0. The molecule has 0 spiro atoms. The lowest BCUT2D eigenvalue weighted by Gasteiger charge is -2.28. The lowest BCUT2D eigenvalue weighted by molar-refractivity contribution is -0.0240. The van der Waals surface area contributed by atoms with Crippen LogP contribution in [-0.4, -0.2) is 32.1 Å². The molecule has 3 nitrogen and oxygen atoms in total. The van der Waals surface area contributed by atoms with E-state index in [0.717, 1.165) is 12.8 Å². The molecule has 0 radical (unpaired) electrons. The Labute approximate surface area is 140 Å². The van der Waals surface area contributed by atoms with E-state index in [2.05, 4.69) is 6.58 Å². The summed E-state index contributed by atoms with van der Waals surface area (Å²) in [4.78, 5) is 0. The quantitative estimate of drug-likeness (QED) is 0.652. The van der Waals surface area contributed by atoms with Crippen molar-refractivity contribution in [3.05, 3.63) is 36.4 Å². The van der Waals surface area contributed by atoms with Crippen molar-refractivity contribution >= 4 is 0 Å². The first-order valence-corrected chi connectivity index (χ1v) is 8.17. The second-order valence-electron chi connectivity index (χ2n) is 5.80. The van der Waals surface area contributed by atoms with Crippen molar-refractivity contribution in [1.82, 2.24) is 0 Å². The van der Waals surface area contributed by atoms with Crippen molar-refractivity contribution in [3.63, 3.8) is 0 Å². The number of ether oxygens (including phenoxy) is 3. The molecule has 24 heavy (non-hydrogen) atoms. The van der Waals surface area contributed by atoms with E-state index in [4.69, 9.17) is 14.2 Å². The van der Waals surface area contributed by atoms with Gasteiger partial charge in [0, 0.05) is 12.3 Å². The van der Waals surface area contributed by atoms with Gasteiger partial charge in [0.2, 0.25) is 11.6 Å². The minimum absolute atomic E-state index is 0.172. The van der Waals surface area contributed by atoms with Crippen LogP contribution in [0.5, 0.6) is 11.5 Å². The number of rotatable bonds is 8. The molecule has 0 bridgehead atoms. The largest absolute Gasteiger partial charge is 0.491 e. The molecule has 6 heteroatoms. The van der Waals surface area contributed by atoms with Crippen LogP contribution in [0.4, 0.5) is 13.2 Å². The van der Waals surface area contributed by atoms with Crippen LogP contribution in [0.3, 0.4) is 0 Å². The Hall–Kier alpha value is -1.69. The SMILES string of the molecule is C=CC1CCC(CC(F)COc2ccc(OCC)c(F)c2F)OC1. The van der Waals surface area contributed by atoms with E-state index < -0.39 is 17.8 Å². The third-order valence-corrected chi connectivity index (χ3v) is 3.99. The lowest BCUT2D eigenvalue weighted by Crippen LogP contribution is -2.29. The van der Waals surface area contributed by atoms with Gasteiger partial charge < -0.3 is 14.2 Å². The Balaban J connectivity index is 1.82. The summed E-state index contributed by atoms with van der Waals surface area (Å²) in [5, 5.41) is 0. The summed E-state index contributed by atoms with van der Waals surface area (Å²) in [6.45, 7) is 5.79. The first kappa shape index (κ1) is 18.6. The molecule has 3 unspecified atom stereocenters. The molecule has 0 aromatic heterocycles. The van der Waals surface area contributed by atoms with Crippen LogP contribution in [0.1, 0.15) is 26.2 Å². The van der Waals surface area contributed by atoms with Gasteiger partial charge in [-0.25, -0.2) is 4.39 Å².